The van der Waals surface area contributed by atoms with E-state index in [4.69, 9.17) is 28.4 Å². The number of hydrogen-bond donors (Lipinski definition) is 1. The molecule has 1 saturated carbocycles. The molecule has 11 heteroatoms. The molecule has 0 aliphatic heterocycles. The lowest BCUT2D eigenvalue weighted by Gasteiger charge is -2.26. The number of nitrogens with one attached hydrogen (secondary N) is 1. The number of hydrogen-bond acceptors (Lipinski definition) is 10. The molecule has 0 bridgehead atoms. The summed E-state index contributed by atoms with van der Waals surface area (Å²) < 4.78 is 33.2. The van der Waals surface area contributed by atoms with E-state index in [1.807, 2.05) is 39.0 Å². The summed E-state index contributed by atoms with van der Waals surface area (Å²) in [4.78, 5) is 41.7. The third-order valence-corrected chi connectivity index (χ3v) is 7.81. The van der Waals surface area contributed by atoms with Crippen LogP contribution in [-0.4, -0.2) is 69.2 Å². The van der Waals surface area contributed by atoms with Crippen molar-refractivity contribution in [1.82, 2.24) is 10.3 Å². The second-order valence-electron chi connectivity index (χ2n) is 11.6. The average Bonchev–Trinajstić information content (AvgIpc) is 3.88. The van der Waals surface area contributed by atoms with Gasteiger partial charge in [-0.2, -0.15) is 0 Å². The molecule has 0 radical (unpaired) electrons. The third-order valence-electron chi connectivity index (χ3n) is 7.81. The number of pyridine rings is 1. The molecule has 1 N–H and O–H groups in total. The Bertz CT molecular complexity index is 1420. The molecule has 1 aliphatic rings. The van der Waals surface area contributed by atoms with Gasteiger partial charge in [-0.1, -0.05) is 30.4 Å². The van der Waals surface area contributed by atoms with E-state index >= 15 is 0 Å². The molecule has 1 aromatic heterocycles. The monoisotopic (exact) mass is 652 g/mol. The molecule has 47 heavy (non-hydrogen) atoms. The molecular weight excluding hydrogens is 604 g/mol. The summed E-state index contributed by atoms with van der Waals surface area (Å²) in [5.74, 6) is -0.401. The third kappa shape index (κ3) is 11.7. The maximum atomic E-state index is 13.2. The average molecular weight is 653 g/mol. The van der Waals surface area contributed by atoms with Gasteiger partial charge in [0.1, 0.15) is 17.9 Å². The Balaban J connectivity index is 1.72. The SMILES string of the molecule is C/C=C\C(=C/C)Cc1cc(C[C@H](COCC2CC2)[C@H](C)OC(=O)[C@H](C)NC(=O)c2nccc(OC)c2OCOC(C)=O)ccc1OC. The number of esters is 2. The number of aromatic nitrogens is 1. The van der Waals surface area contributed by atoms with E-state index in [0.717, 1.165) is 23.3 Å². The highest BCUT2D eigenvalue weighted by Crippen LogP contribution is 2.31. The maximum absolute atomic E-state index is 13.2. The molecule has 0 unspecified atom stereocenters. The van der Waals surface area contributed by atoms with Gasteiger partial charge in [0.25, 0.3) is 5.91 Å². The van der Waals surface area contributed by atoms with Crippen molar-refractivity contribution in [2.75, 3.05) is 34.2 Å². The molecular formula is C36H48N2O9. The maximum Gasteiger partial charge on any atom is 0.328 e. The van der Waals surface area contributed by atoms with Crippen molar-refractivity contribution in [2.45, 2.75) is 72.4 Å². The molecule has 3 rings (SSSR count). The van der Waals surface area contributed by atoms with E-state index in [9.17, 15) is 14.4 Å². The van der Waals surface area contributed by atoms with Crippen LogP contribution in [0.15, 0.2) is 54.3 Å². The fourth-order valence-electron chi connectivity index (χ4n) is 4.89. The van der Waals surface area contributed by atoms with E-state index in [-0.39, 0.29) is 23.1 Å². The second-order valence-corrected chi connectivity index (χ2v) is 11.6. The van der Waals surface area contributed by atoms with Crippen LogP contribution in [0.4, 0.5) is 0 Å². The lowest BCUT2D eigenvalue weighted by Crippen LogP contribution is -2.42. The number of rotatable bonds is 19. The first kappa shape index (κ1) is 37.1. The first-order valence-electron chi connectivity index (χ1n) is 15.9. The molecule has 256 valence electrons. The number of benzene rings is 1. The van der Waals surface area contributed by atoms with Crippen LogP contribution in [0, 0.1) is 11.8 Å². The summed E-state index contributed by atoms with van der Waals surface area (Å²) in [5.41, 5.74) is 3.18. The zero-order chi connectivity index (χ0) is 34.3. The van der Waals surface area contributed by atoms with Gasteiger partial charge in [0.15, 0.2) is 17.2 Å². The van der Waals surface area contributed by atoms with E-state index < -0.39 is 36.8 Å². The van der Waals surface area contributed by atoms with E-state index in [2.05, 4.69) is 28.5 Å². The number of carbonyl (C=O) groups excluding carboxylic acids is 3. The van der Waals surface area contributed by atoms with Crippen LogP contribution < -0.4 is 19.5 Å². The highest BCUT2D eigenvalue weighted by molar-refractivity contribution is 5.98. The minimum atomic E-state index is -1.01. The summed E-state index contributed by atoms with van der Waals surface area (Å²) in [6, 6.07) is 6.63. The number of carbonyl (C=O) groups is 3. The predicted molar refractivity (Wildman–Crippen MR) is 177 cm³/mol. The Morgan fingerprint density at radius 2 is 1.81 bits per heavy atom. The smallest absolute Gasteiger partial charge is 0.328 e. The van der Waals surface area contributed by atoms with Gasteiger partial charge >= 0.3 is 11.9 Å². The molecule has 1 fully saturated rings. The molecule has 1 heterocycles. The van der Waals surface area contributed by atoms with Crippen LogP contribution in [0.5, 0.6) is 17.2 Å². The summed E-state index contributed by atoms with van der Waals surface area (Å²) >= 11 is 0. The molecule has 0 saturated heterocycles. The van der Waals surface area contributed by atoms with Crippen molar-refractivity contribution in [3.8, 4) is 17.2 Å². The van der Waals surface area contributed by atoms with Crippen molar-refractivity contribution >= 4 is 17.8 Å². The molecule has 0 spiro atoms. The number of nitrogens with zero attached hydrogens (tertiary/aromatic N) is 1. The van der Waals surface area contributed by atoms with Crippen molar-refractivity contribution < 1.29 is 42.8 Å². The minimum Gasteiger partial charge on any atom is -0.496 e. The lowest BCUT2D eigenvalue weighted by molar-refractivity contribution is -0.154. The van der Waals surface area contributed by atoms with E-state index in [0.29, 0.717) is 25.6 Å². The molecule has 1 amide bonds. The van der Waals surface area contributed by atoms with Crippen LogP contribution in [0.2, 0.25) is 0 Å². The number of ether oxygens (including phenoxy) is 6. The van der Waals surface area contributed by atoms with Crippen molar-refractivity contribution in [3.05, 3.63) is 71.1 Å². The second kappa shape index (κ2) is 18.7. The molecule has 1 aliphatic carbocycles. The normalized spacial score (nSPS) is 15.0. The van der Waals surface area contributed by atoms with Crippen molar-refractivity contribution in [2.24, 2.45) is 11.8 Å². The summed E-state index contributed by atoms with van der Waals surface area (Å²) in [5, 5.41) is 2.63. The number of amides is 1. The first-order valence-corrected chi connectivity index (χ1v) is 15.9. The first-order chi connectivity index (χ1) is 22.6. The minimum absolute atomic E-state index is 0.0262. The van der Waals surface area contributed by atoms with Gasteiger partial charge < -0.3 is 33.7 Å². The van der Waals surface area contributed by atoms with Crippen LogP contribution in [0.3, 0.4) is 0 Å². The van der Waals surface area contributed by atoms with Gasteiger partial charge in [0.2, 0.25) is 6.79 Å². The fraction of sp³-hybridized carbons (Fsp3) is 0.500. The van der Waals surface area contributed by atoms with Gasteiger partial charge in [0, 0.05) is 38.1 Å². The van der Waals surface area contributed by atoms with Gasteiger partial charge in [-0.05, 0) is 75.6 Å². The molecule has 1 aromatic carbocycles. The topological polar surface area (TPSA) is 132 Å². The largest absolute Gasteiger partial charge is 0.496 e. The Morgan fingerprint density at radius 3 is 2.45 bits per heavy atom. The fourth-order valence-corrected chi connectivity index (χ4v) is 4.89. The summed E-state index contributed by atoms with van der Waals surface area (Å²) in [6.07, 6.45) is 10.7. The van der Waals surface area contributed by atoms with Gasteiger partial charge in [0.05, 0.1) is 20.8 Å². The van der Waals surface area contributed by atoms with Crippen LogP contribution >= 0.6 is 0 Å². The van der Waals surface area contributed by atoms with Crippen molar-refractivity contribution in [3.63, 3.8) is 0 Å². The highest BCUT2D eigenvalue weighted by Gasteiger charge is 2.29. The van der Waals surface area contributed by atoms with Gasteiger partial charge in [-0.15, -0.1) is 0 Å². The van der Waals surface area contributed by atoms with Crippen LogP contribution in [-0.2, 0) is 36.6 Å². The summed E-state index contributed by atoms with van der Waals surface area (Å²) in [7, 11) is 3.07. The Kier molecular flexibility index (Phi) is 14.7. The molecule has 3 atom stereocenters. The quantitative estimate of drug-likeness (QED) is 0.120. The Labute approximate surface area is 277 Å². The van der Waals surface area contributed by atoms with E-state index in [1.54, 1.807) is 7.11 Å². The number of allylic oxidation sites excluding steroid dienone is 4. The Morgan fingerprint density at radius 1 is 1.06 bits per heavy atom. The summed E-state index contributed by atoms with van der Waals surface area (Å²) in [6.45, 7) is 9.27. The van der Waals surface area contributed by atoms with Gasteiger partial charge in [-0.25, -0.2) is 9.78 Å². The standard InChI is InChI=1S/C36H48N2O9/c1-8-10-26(9-2)17-29-18-28(13-14-31(29)42-6)19-30(21-44-20-27-11-12-27)24(4)47-36(41)23(3)38-35(40)33-34(46-22-45-25(5)39)32(43-7)15-16-37-33/h8-10,13-16,18,23-24,27,30H,11-12,17,19-22H2,1-7H3,(H,38,40)/b10-8-,26-9+/t23-,24-,30+/m0/s1. The van der Waals surface area contributed by atoms with Crippen molar-refractivity contribution in [1.29, 1.82) is 0 Å². The van der Waals surface area contributed by atoms with Crippen LogP contribution in [0.1, 0.15) is 69.1 Å². The number of methoxy groups -OCH3 is 2. The predicted octanol–water partition coefficient (Wildman–Crippen LogP) is 5.40. The Hall–Kier alpha value is -4.38. The molecule has 2 aromatic rings. The van der Waals surface area contributed by atoms with Crippen LogP contribution in [0.25, 0.3) is 0 Å². The van der Waals surface area contributed by atoms with E-state index in [1.165, 1.54) is 51.6 Å². The molecule has 11 nitrogen and oxygen atoms in total. The lowest BCUT2D eigenvalue weighted by atomic mass is 9.92. The highest BCUT2D eigenvalue weighted by atomic mass is 16.7. The van der Waals surface area contributed by atoms with Gasteiger partial charge in [-0.3, -0.25) is 9.59 Å². The zero-order valence-electron chi connectivity index (χ0n) is 28.5. The zero-order valence-corrected chi connectivity index (χ0v) is 28.5.